The third-order valence-corrected chi connectivity index (χ3v) is 2.67. The van der Waals surface area contributed by atoms with Crippen molar-refractivity contribution in [2.45, 2.75) is 26.7 Å². The summed E-state index contributed by atoms with van der Waals surface area (Å²) in [7, 11) is 0. The molecule has 0 aliphatic heterocycles. The van der Waals surface area contributed by atoms with Crippen molar-refractivity contribution in [2.75, 3.05) is 0 Å². The second-order valence-corrected chi connectivity index (χ2v) is 4.56. The molecule has 0 amide bonds. The fourth-order valence-electron chi connectivity index (χ4n) is 1.67. The van der Waals surface area contributed by atoms with E-state index in [1.54, 1.807) is 0 Å². The minimum atomic E-state index is 0.750. The molecule has 2 heteroatoms. The second-order valence-electron chi connectivity index (χ2n) is 4.56. The van der Waals surface area contributed by atoms with E-state index in [4.69, 9.17) is 0 Å². The normalized spacial score (nSPS) is 10.9. The van der Waals surface area contributed by atoms with Crippen LogP contribution in [0.15, 0.2) is 42.7 Å². The third-order valence-electron chi connectivity index (χ3n) is 2.67. The van der Waals surface area contributed by atoms with Crippen molar-refractivity contribution in [3.8, 4) is 5.69 Å². The fraction of sp³-hybridized carbons (Fsp3) is 0.357. The molecule has 0 aliphatic carbocycles. The standard InChI is InChI=1S/C14H18N2/c1-12(2)8-9-13-10-15-16(11-13)14-6-4-3-5-7-14/h3-7,10-12H,8-9H2,1-2H3. The Morgan fingerprint density at radius 3 is 2.62 bits per heavy atom. The molecule has 2 rings (SSSR count). The molecule has 0 saturated heterocycles. The lowest BCUT2D eigenvalue weighted by Gasteiger charge is -2.01. The summed E-state index contributed by atoms with van der Waals surface area (Å²) in [5.74, 6) is 0.750. The van der Waals surface area contributed by atoms with Crippen molar-refractivity contribution in [1.82, 2.24) is 9.78 Å². The highest BCUT2D eigenvalue weighted by molar-refractivity contribution is 5.30. The van der Waals surface area contributed by atoms with Gasteiger partial charge in [-0.05, 0) is 36.5 Å². The van der Waals surface area contributed by atoms with Gasteiger partial charge in [0.05, 0.1) is 11.9 Å². The molecule has 0 radical (unpaired) electrons. The maximum Gasteiger partial charge on any atom is 0.0645 e. The van der Waals surface area contributed by atoms with E-state index >= 15 is 0 Å². The van der Waals surface area contributed by atoms with E-state index in [2.05, 4.69) is 37.3 Å². The van der Waals surface area contributed by atoms with Crippen molar-refractivity contribution in [1.29, 1.82) is 0 Å². The van der Waals surface area contributed by atoms with Crippen LogP contribution in [0.5, 0.6) is 0 Å². The molecule has 2 aromatic rings. The van der Waals surface area contributed by atoms with E-state index in [1.807, 2.05) is 29.1 Å². The summed E-state index contributed by atoms with van der Waals surface area (Å²) in [5, 5.41) is 4.38. The van der Waals surface area contributed by atoms with Crippen LogP contribution in [-0.2, 0) is 6.42 Å². The molecule has 0 spiro atoms. The van der Waals surface area contributed by atoms with Crippen molar-refractivity contribution in [3.05, 3.63) is 48.3 Å². The molecule has 0 N–H and O–H groups in total. The van der Waals surface area contributed by atoms with Crippen LogP contribution < -0.4 is 0 Å². The van der Waals surface area contributed by atoms with Gasteiger partial charge in [0.1, 0.15) is 0 Å². The van der Waals surface area contributed by atoms with Gasteiger partial charge >= 0.3 is 0 Å². The van der Waals surface area contributed by atoms with E-state index in [0.717, 1.165) is 18.0 Å². The number of hydrogen-bond acceptors (Lipinski definition) is 1. The molecule has 0 fully saturated rings. The smallest absolute Gasteiger partial charge is 0.0645 e. The molecular formula is C14H18N2. The zero-order valence-corrected chi connectivity index (χ0v) is 9.93. The number of aryl methyl sites for hydroxylation is 1. The Labute approximate surface area is 96.9 Å². The topological polar surface area (TPSA) is 17.8 Å². The summed E-state index contributed by atoms with van der Waals surface area (Å²) >= 11 is 0. The Hall–Kier alpha value is -1.57. The predicted octanol–water partition coefficient (Wildman–Crippen LogP) is 3.46. The monoisotopic (exact) mass is 214 g/mol. The molecule has 16 heavy (non-hydrogen) atoms. The SMILES string of the molecule is CC(C)CCc1cnn(-c2ccccc2)c1. The Kier molecular flexibility index (Phi) is 3.40. The van der Waals surface area contributed by atoms with Gasteiger partial charge in [0.2, 0.25) is 0 Å². The zero-order chi connectivity index (χ0) is 11.4. The molecule has 0 saturated carbocycles. The number of aromatic nitrogens is 2. The highest BCUT2D eigenvalue weighted by Gasteiger charge is 2.01. The Balaban J connectivity index is 2.08. The van der Waals surface area contributed by atoms with E-state index < -0.39 is 0 Å². The Morgan fingerprint density at radius 2 is 1.94 bits per heavy atom. The van der Waals surface area contributed by atoms with Gasteiger partial charge < -0.3 is 0 Å². The van der Waals surface area contributed by atoms with Crippen LogP contribution in [0.2, 0.25) is 0 Å². The first-order chi connectivity index (χ1) is 7.75. The second kappa shape index (κ2) is 4.97. The van der Waals surface area contributed by atoms with E-state index in [-0.39, 0.29) is 0 Å². The number of para-hydroxylation sites is 1. The van der Waals surface area contributed by atoms with Crippen molar-refractivity contribution in [2.24, 2.45) is 5.92 Å². The average Bonchev–Trinajstić information content (AvgIpc) is 2.76. The molecule has 1 aromatic carbocycles. The van der Waals surface area contributed by atoms with Gasteiger partial charge in [0, 0.05) is 6.20 Å². The quantitative estimate of drug-likeness (QED) is 0.762. The maximum atomic E-state index is 4.38. The van der Waals surface area contributed by atoms with Crippen LogP contribution in [0.25, 0.3) is 5.69 Å². The number of hydrogen-bond donors (Lipinski definition) is 0. The highest BCUT2D eigenvalue weighted by atomic mass is 15.3. The zero-order valence-electron chi connectivity index (χ0n) is 9.93. The minimum Gasteiger partial charge on any atom is -0.241 e. The van der Waals surface area contributed by atoms with Gasteiger partial charge in [-0.3, -0.25) is 0 Å². The summed E-state index contributed by atoms with van der Waals surface area (Å²) in [6.07, 6.45) is 6.43. The van der Waals surface area contributed by atoms with E-state index in [9.17, 15) is 0 Å². The summed E-state index contributed by atoms with van der Waals surface area (Å²) in [4.78, 5) is 0. The summed E-state index contributed by atoms with van der Waals surface area (Å²) in [6, 6.07) is 10.2. The lowest BCUT2D eigenvalue weighted by atomic mass is 10.1. The van der Waals surface area contributed by atoms with Crippen LogP contribution in [0.1, 0.15) is 25.8 Å². The van der Waals surface area contributed by atoms with Crippen molar-refractivity contribution >= 4 is 0 Å². The maximum absolute atomic E-state index is 4.38. The molecule has 1 heterocycles. The van der Waals surface area contributed by atoms with Crippen LogP contribution in [0, 0.1) is 5.92 Å². The molecule has 0 bridgehead atoms. The molecule has 1 aromatic heterocycles. The van der Waals surface area contributed by atoms with Crippen molar-refractivity contribution < 1.29 is 0 Å². The van der Waals surface area contributed by atoms with Crippen LogP contribution in [-0.4, -0.2) is 9.78 Å². The molecule has 84 valence electrons. The molecule has 2 nitrogen and oxygen atoms in total. The largest absolute Gasteiger partial charge is 0.241 e. The van der Waals surface area contributed by atoms with Crippen LogP contribution >= 0.6 is 0 Å². The van der Waals surface area contributed by atoms with Gasteiger partial charge in [0.15, 0.2) is 0 Å². The molecule has 0 unspecified atom stereocenters. The average molecular weight is 214 g/mol. The molecule has 0 atom stereocenters. The number of rotatable bonds is 4. The number of nitrogens with zero attached hydrogens (tertiary/aromatic N) is 2. The first kappa shape index (κ1) is 10.9. The summed E-state index contributed by atoms with van der Waals surface area (Å²) in [5.41, 5.74) is 2.44. The first-order valence-corrected chi connectivity index (χ1v) is 5.84. The Morgan fingerprint density at radius 1 is 1.19 bits per heavy atom. The van der Waals surface area contributed by atoms with Gasteiger partial charge in [-0.2, -0.15) is 5.10 Å². The first-order valence-electron chi connectivity index (χ1n) is 5.84. The number of benzene rings is 1. The van der Waals surface area contributed by atoms with E-state index in [0.29, 0.717) is 0 Å². The molecular weight excluding hydrogens is 196 g/mol. The van der Waals surface area contributed by atoms with Crippen molar-refractivity contribution in [3.63, 3.8) is 0 Å². The Bertz CT molecular complexity index is 429. The van der Waals surface area contributed by atoms with E-state index in [1.165, 1.54) is 12.0 Å². The van der Waals surface area contributed by atoms with Crippen LogP contribution in [0.3, 0.4) is 0 Å². The minimum absolute atomic E-state index is 0.750. The van der Waals surface area contributed by atoms with Gasteiger partial charge in [-0.25, -0.2) is 4.68 Å². The van der Waals surface area contributed by atoms with Gasteiger partial charge in [-0.15, -0.1) is 0 Å². The van der Waals surface area contributed by atoms with Crippen LogP contribution in [0.4, 0.5) is 0 Å². The van der Waals surface area contributed by atoms with Gasteiger partial charge in [-0.1, -0.05) is 32.0 Å². The van der Waals surface area contributed by atoms with Gasteiger partial charge in [0.25, 0.3) is 0 Å². The summed E-state index contributed by atoms with van der Waals surface area (Å²) in [6.45, 7) is 4.50. The highest BCUT2D eigenvalue weighted by Crippen LogP contribution is 2.11. The summed E-state index contributed by atoms with van der Waals surface area (Å²) < 4.78 is 1.94. The lowest BCUT2D eigenvalue weighted by molar-refractivity contribution is 0.586. The molecule has 0 aliphatic rings. The third kappa shape index (κ3) is 2.72. The predicted molar refractivity (Wildman–Crippen MR) is 66.7 cm³/mol. The lowest BCUT2D eigenvalue weighted by Crippen LogP contribution is -1.93. The fourth-order valence-corrected chi connectivity index (χ4v) is 1.67.